The van der Waals surface area contributed by atoms with Crippen LogP contribution >= 0.6 is 0 Å². The number of hydrogen-bond donors (Lipinski definition) is 1. The van der Waals surface area contributed by atoms with Crippen molar-refractivity contribution in [2.24, 2.45) is 5.41 Å². The number of morpholine rings is 1. The Kier molecular flexibility index (Phi) is 4.79. The number of hydrogen-bond acceptors (Lipinski definition) is 4. The van der Waals surface area contributed by atoms with Gasteiger partial charge in [-0.25, -0.2) is 0 Å². The van der Waals surface area contributed by atoms with E-state index in [9.17, 15) is 0 Å². The van der Waals surface area contributed by atoms with Crippen LogP contribution in [0, 0.1) is 5.41 Å². The molecule has 0 aromatic rings. The Bertz CT molecular complexity index is 229. The molecule has 0 bridgehead atoms. The maximum atomic E-state index is 5.63. The zero-order valence-electron chi connectivity index (χ0n) is 11.2. The van der Waals surface area contributed by atoms with Gasteiger partial charge in [-0.15, -0.1) is 0 Å². The van der Waals surface area contributed by atoms with Gasteiger partial charge >= 0.3 is 0 Å². The van der Waals surface area contributed by atoms with E-state index in [4.69, 9.17) is 9.47 Å². The normalized spacial score (nSPS) is 35.3. The van der Waals surface area contributed by atoms with Crippen LogP contribution < -0.4 is 5.32 Å². The molecule has 2 atom stereocenters. The zero-order chi connectivity index (χ0) is 12.1. The highest BCUT2D eigenvalue weighted by molar-refractivity contribution is 4.89. The van der Waals surface area contributed by atoms with E-state index < -0.39 is 0 Å². The fourth-order valence-corrected chi connectivity index (χ4v) is 2.87. The molecule has 0 spiro atoms. The molecular weight excluding hydrogens is 216 g/mol. The van der Waals surface area contributed by atoms with E-state index in [0.29, 0.717) is 11.5 Å². The molecule has 2 heterocycles. The van der Waals surface area contributed by atoms with Gasteiger partial charge in [0.1, 0.15) is 0 Å². The van der Waals surface area contributed by atoms with Crippen molar-refractivity contribution >= 4 is 0 Å². The summed E-state index contributed by atoms with van der Waals surface area (Å²) in [7, 11) is 0. The molecule has 0 aromatic carbocycles. The van der Waals surface area contributed by atoms with Gasteiger partial charge < -0.3 is 14.8 Å². The predicted molar refractivity (Wildman–Crippen MR) is 68.3 cm³/mol. The Balaban J connectivity index is 1.87. The number of rotatable bonds is 5. The Morgan fingerprint density at radius 2 is 2.29 bits per heavy atom. The molecule has 0 amide bonds. The largest absolute Gasteiger partial charge is 0.381 e. The average Bonchev–Trinajstić information content (AvgIpc) is 2.75. The summed E-state index contributed by atoms with van der Waals surface area (Å²) < 4.78 is 11.2. The van der Waals surface area contributed by atoms with Gasteiger partial charge in [0.05, 0.1) is 19.3 Å². The molecule has 0 aliphatic carbocycles. The van der Waals surface area contributed by atoms with Crippen LogP contribution in [0.25, 0.3) is 0 Å². The fourth-order valence-electron chi connectivity index (χ4n) is 2.87. The summed E-state index contributed by atoms with van der Waals surface area (Å²) >= 11 is 0. The first-order valence-corrected chi connectivity index (χ1v) is 6.86. The van der Waals surface area contributed by atoms with Crippen molar-refractivity contribution < 1.29 is 9.47 Å². The Morgan fingerprint density at radius 3 is 2.94 bits per heavy atom. The van der Waals surface area contributed by atoms with Gasteiger partial charge in [0.15, 0.2) is 0 Å². The maximum Gasteiger partial charge on any atom is 0.0674 e. The number of nitrogens with zero attached hydrogens (tertiary/aromatic N) is 1. The third-order valence-corrected chi connectivity index (χ3v) is 3.82. The first kappa shape index (κ1) is 13.3. The highest BCUT2D eigenvalue weighted by atomic mass is 16.5. The molecule has 2 aliphatic heterocycles. The topological polar surface area (TPSA) is 33.7 Å². The third kappa shape index (κ3) is 3.65. The van der Waals surface area contributed by atoms with Crippen LogP contribution in [-0.2, 0) is 9.47 Å². The molecule has 2 saturated heterocycles. The number of ether oxygens (including phenoxy) is 2. The minimum atomic E-state index is 0.326. The van der Waals surface area contributed by atoms with E-state index in [1.807, 2.05) is 0 Å². The quantitative estimate of drug-likeness (QED) is 0.770. The molecule has 2 rings (SSSR count). The lowest BCUT2D eigenvalue weighted by Gasteiger charge is -2.38. The van der Waals surface area contributed by atoms with E-state index in [1.165, 1.54) is 6.42 Å². The lowest BCUT2D eigenvalue weighted by molar-refractivity contribution is -0.0332. The molecule has 4 nitrogen and oxygen atoms in total. The van der Waals surface area contributed by atoms with Crippen LogP contribution in [0.1, 0.15) is 20.3 Å². The van der Waals surface area contributed by atoms with Crippen molar-refractivity contribution in [1.29, 1.82) is 0 Å². The van der Waals surface area contributed by atoms with Gasteiger partial charge in [0.2, 0.25) is 0 Å². The van der Waals surface area contributed by atoms with E-state index in [-0.39, 0.29) is 0 Å². The first-order valence-electron chi connectivity index (χ1n) is 6.86. The van der Waals surface area contributed by atoms with Gasteiger partial charge in [-0.05, 0) is 19.9 Å². The summed E-state index contributed by atoms with van der Waals surface area (Å²) in [5.74, 6) is 0. The molecule has 1 N–H and O–H groups in total. The van der Waals surface area contributed by atoms with Gasteiger partial charge in [-0.1, -0.05) is 6.92 Å². The van der Waals surface area contributed by atoms with Crippen molar-refractivity contribution in [2.45, 2.75) is 26.4 Å². The maximum absolute atomic E-state index is 5.63. The van der Waals surface area contributed by atoms with Gasteiger partial charge in [0.25, 0.3) is 0 Å². The monoisotopic (exact) mass is 242 g/mol. The summed E-state index contributed by atoms with van der Waals surface area (Å²) in [4.78, 5) is 2.54. The van der Waals surface area contributed by atoms with Crippen LogP contribution in [-0.4, -0.2) is 63.5 Å². The Labute approximate surface area is 105 Å². The van der Waals surface area contributed by atoms with Crippen molar-refractivity contribution in [1.82, 2.24) is 10.2 Å². The van der Waals surface area contributed by atoms with Gasteiger partial charge in [-0.2, -0.15) is 0 Å². The van der Waals surface area contributed by atoms with Crippen molar-refractivity contribution in [3.63, 3.8) is 0 Å². The molecule has 2 unspecified atom stereocenters. The smallest absolute Gasteiger partial charge is 0.0674 e. The van der Waals surface area contributed by atoms with E-state index in [1.54, 1.807) is 0 Å². The Morgan fingerprint density at radius 1 is 1.41 bits per heavy atom. The Hall–Kier alpha value is -0.160. The molecule has 0 saturated carbocycles. The van der Waals surface area contributed by atoms with Crippen molar-refractivity contribution in [2.75, 3.05) is 52.5 Å². The van der Waals surface area contributed by atoms with Gasteiger partial charge in [0, 0.05) is 38.2 Å². The lowest BCUT2D eigenvalue weighted by Crippen LogP contribution is -2.50. The number of nitrogens with one attached hydrogen (secondary N) is 1. The molecule has 17 heavy (non-hydrogen) atoms. The fraction of sp³-hybridized carbons (Fsp3) is 1.00. The molecule has 0 radical (unpaired) electrons. The minimum Gasteiger partial charge on any atom is -0.381 e. The van der Waals surface area contributed by atoms with E-state index >= 15 is 0 Å². The zero-order valence-corrected chi connectivity index (χ0v) is 11.2. The predicted octanol–water partition coefficient (Wildman–Crippen LogP) is 0.723. The minimum absolute atomic E-state index is 0.326. The van der Waals surface area contributed by atoms with E-state index in [2.05, 4.69) is 24.1 Å². The summed E-state index contributed by atoms with van der Waals surface area (Å²) in [6.07, 6.45) is 1.56. The average molecular weight is 242 g/mol. The van der Waals surface area contributed by atoms with Crippen molar-refractivity contribution in [3.05, 3.63) is 0 Å². The molecule has 2 aliphatic rings. The molecule has 0 aromatic heterocycles. The lowest BCUT2D eigenvalue weighted by atomic mass is 9.86. The second-order valence-electron chi connectivity index (χ2n) is 5.50. The van der Waals surface area contributed by atoms with Crippen LogP contribution in [0.2, 0.25) is 0 Å². The summed E-state index contributed by atoms with van der Waals surface area (Å²) in [6, 6.07) is 0. The highest BCUT2D eigenvalue weighted by Gasteiger charge is 2.37. The van der Waals surface area contributed by atoms with Gasteiger partial charge in [-0.3, -0.25) is 4.90 Å². The SMILES string of the molecule is CCNCC1(CN2CCOC(C)C2)CCOC1. The molecular formula is C13H26N2O2. The third-order valence-electron chi connectivity index (χ3n) is 3.82. The second-order valence-corrected chi connectivity index (χ2v) is 5.50. The molecule has 2 fully saturated rings. The molecule has 100 valence electrons. The van der Waals surface area contributed by atoms with Crippen LogP contribution in [0.5, 0.6) is 0 Å². The standard InChI is InChI=1S/C13H26N2O2/c1-3-14-9-13(4-6-16-11-13)10-15-5-7-17-12(2)8-15/h12,14H,3-11H2,1-2H3. The van der Waals surface area contributed by atoms with Crippen LogP contribution in [0.4, 0.5) is 0 Å². The van der Waals surface area contributed by atoms with E-state index in [0.717, 1.165) is 52.5 Å². The summed E-state index contributed by atoms with van der Waals surface area (Å²) in [5.41, 5.74) is 0.326. The van der Waals surface area contributed by atoms with Crippen LogP contribution in [0.15, 0.2) is 0 Å². The highest BCUT2D eigenvalue weighted by Crippen LogP contribution is 2.29. The first-order chi connectivity index (χ1) is 8.24. The molecule has 4 heteroatoms. The van der Waals surface area contributed by atoms with Crippen LogP contribution in [0.3, 0.4) is 0 Å². The summed E-state index contributed by atoms with van der Waals surface area (Å²) in [6.45, 7) is 12.4. The second kappa shape index (κ2) is 6.14. The summed E-state index contributed by atoms with van der Waals surface area (Å²) in [5, 5.41) is 3.49. The van der Waals surface area contributed by atoms with Crippen molar-refractivity contribution in [3.8, 4) is 0 Å².